The molecule has 0 aromatic heterocycles. The van der Waals surface area contributed by atoms with Crippen molar-refractivity contribution < 1.29 is 14.7 Å². The van der Waals surface area contributed by atoms with Gasteiger partial charge >= 0.3 is 0 Å². The van der Waals surface area contributed by atoms with Crippen LogP contribution in [0.3, 0.4) is 0 Å². The van der Waals surface area contributed by atoms with Gasteiger partial charge in [0.25, 0.3) is 0 Å². The molecule has 0 radical (unpaired) electrons. The number of hydrogen-bond acceptors (Lipinski definition) is 4. The van der Waals surface area contributed by atoms with Gasteiger partial charge in [-0.3, -0.25) is 9.59 Å². The van der Waals surface area contributed by atoms with Crippen LogP contribution in [0.4, 0.5) is 0 Å². The first-order valence-corrected chi connectivity index (χ1v) is 8.52. The van der Waals surface area contributed by atoms with Gasteiger partial charge in [-0.2, -0.15) is 0 Å². The van der Waals surface area contributed by atoms with E-state index in [9.17, 15) is 14.7 Å². The fraction of sp³-hybridized carbons (Fsp3) is 0.875. The summed E-state index contributed by atoms with van der Waals surface area (Å²) in [4.78, 5) is 24.0. The minimum Gasteiger partial charge on any atom is -0.391 e. The molecule has 3 unspecified atom stereocenters. The maximum absolute atomic E-state index is 12.1. The van der Waals surface area contributed by atoms with Crippen LogP contribution in [0.2, 0.25) is 0 Å². The molecule has 7 heteroatoms. The highest BCUT2D eigenvalue weighted by atomic mass is 35.5. The molecule has 4 N–H and O–H groups in total. The molecule has 1 saturated heterocycles. The summed E-state index contributed by atoms with van der Waals surface area (Å²) in [5.74, 6) is 0.223. The lowest BCUT2D eigenvalue weighted by Gasteiger charge is -2.23. The van der Waals surface area contributed by atoms with Crippen molar-refractivity contribution in [1.82, 2.24) is 16.0 Å². The molecule has 2 aliphatic rings. The summed E-state index contributed by atoms with van der Waals surface area (Å²) in [6.07, 6.45) is 5.33. The van der Waals surface area contributed by atoms with Crippen LogP contribution in [0.1, 0.15) is 45.4 Å². The number of halogens is 1. The van der Waals surface area contributed by atoms with E-state index in [0.29, 0.717) is 13.1 Å². The summed E-state index contributed by atoms with van der Waals surface area (Å²) < 4.78 is 0. The third kappa shape index (κ3) is 6.65. The van der Waals surface area contributed by atoms with Crippen molar-refractivity contribution >= 4 is 24.2 Å². The maximum Gasteiger partial charge on any atom is 0.223 e. The van der Waals surface area contributed by atoms with Crippen LogP contribution in [-0.2, 0) is 9.59 Å². The molecule has 1 aliphatic heterocycles. The first-order chi connectivity index (χ1) is 10.6. The van der Waals surface area contributed by atoms with Gasteiger partial charge in [0.15, 0.2) is 0 Å². The van der Waals surface area contributed by atoms with Crippen LogP contribution >= 0.6 is 12.4 Å². The number of hydrogen-bond donors (Lipinski definition) is 4. The normalized spacial score (nSPS) is 26.2. The highest BCUT2D eigenvalue weighted by Crippen LogP contribution is 2.23. The molecule has 2 rings (SSSR count). The zero-order valence-corrected chi connectivity index (χ0v) is 14.7. The second-order valence-electron chi connectivity index (χ2n) is 6.74. The number of amides is 2. The second kappa shape index (κ2) is 10.1. The predicted octanol–water partition coefficient (Wildman–Crippen LogP) is 0.580. The molecular formula is C16H30ClN3O3. The van der Waals surface area contributed by atoms with E-state index in [1.165, 1.54) is 6.42 Å². The zero-order valence-electron chi connectivity index (χ0n) is 13.8. The number of aliphatic hydroxyl groups excluding tert-OH is 1. The molecule has 2 amide bonds. The Morgan fingerprint density at radius 2 is 1.91 bits per heavy atom. The van der Waals surface area contributed by atoms with Crippen molar-refractivity contribution in [3.63, 3.8) is 0 Å². The molecule has 0 aromatic carbocycles. The summed E-state index contributed by atoms with van der Waals surface area (Å²) in [5.41, 5.74) is 0. The van der Waals surface area contributed by atoms with Crippen molar-refractivity contribution in [1.29, 1.82) is 0 Å². The molecule has 1 heterocycles. The van der Waals surface area contributed by atoms with Gasteiger partial charge in [0, 0.05) is 43.9 Å². The lowest BCUT2D eigenvalue weighted by molar-refractivity contribution is -0.127. The SMILES string of the molecule is CC(CC(=O)NCC1CNCC1O)NC(=O)C1CCCCC1.Cl. The molecule has 2 fully saturated rings. The first-order valence-electron chi connectivity index (χ1n) is 8.52. The highest BCUT2D eigenvalue weighted by molar-refractivity contribution is 5.85. The van der Waals surface area contributed by atoms with Gasteiger partial charge in [-0.15, -0.1) is 12.4 Å². The molecular weight excluding hydrogens is 318 g/mol. The van der Waals surface area contributed by atoms with E-state index in [1.807, 2.05) is 6.92 Å². The zero-order chi connectivity index (χ0) is 15.9. The van der Waals surface area contributed by atoms with Gasteiger partial charge in [-0.25, -0.2) is 0 Å². The fourth-order valence-electron chi connectivity index (χ4n) is 3.30. The Kier molecular flexibility index (Phi) is 8.87. The van der Waals surface area contributed by atoms with Crippen LogP contribution in [-0.4, -0.2) is 48.7 Å². The standard InChI is InChI=1S/C16H29N3O3.ClH/c1-11(19-16(22)12-5-3-2-4-6-12)7-15(21)18-9-13-8-17-10-14(13)20;/h11-14,17,20H,2-10H2,1H3,(H,18,21)(H,19,22);1H. The lowest BCUT2D eigenvalue weighted by atomic mass is 9.88. The van der Waals surface area contributed by atoms with Gasteiger partial charge in [-0.1, -0.05) is 19.3 Å². The summed E-state index contributed by atoms with van der Waals surface area (Å²) in [6.45, 7) is 3.67. The Morgan fingerprint density at radius 3 is 2.52 bits per heavy atom. The number of rotatable bonds is 6. The number of nitrogens with one attached hydrogen (secondary N) is 3. The van der Waals surface area contributed by atoms with E-state index in [0.717, 1.165) is 32.2 Å². The average molecular weight is 348 g/mol. The molecule has 0 spiro atoms. The Balaban J connectivity index is 0.00000264. The molecule has 3 atom stereocenters. The Labute approximate surface area is 144 Å². The monoisotopic (exact) mass is 347 g/mol. The van der Waals surface area contributed by atoms with E-state index in [1.54, 1.807) is 0 Å². The number of β-amino-alcohol motifs (C(OH)–C–C–N with tert-alkyl or cyclic N) is 1. The van der Waals surface area contributed by atoms with Gasteiger partial charge in [-0.05, 0) is 19.8 Å². The second-order valence-corrected chi connectivity index (χ2v) is 6.74. The van der Waals surface area contributed by atoms with Crippen LogP contribution in [0.25, 0.3) is 0 Å². The van der Waals surface area contributed by atoms with Crippen LogP contribution in [0.15, 0.2) is 0 Å². The summed E-state index contributed by atoms with van der Waals surface area (Å²) in [5, 5.41) is 18.6. The van der Waals surface area contributed by atoms with Crippen LogP contribution in [0, 0.1) is 11.8 Å². The largest absolute Gasteiger partial charge is 0.391 e. The van der Waals surface area contributed by atoms with E-state index in [2.05, 4.69) is 16.0 Å². The van der Waals surface area contributed by atoms with Gasteiger partial charge in [0.05, 0.1) is 6.10 Å². The average Bonchev–Trinajstić information content (AvgIpc) is 2.91. The van der Waals surface area contributed by atoms with E-state index >= 15 is 0 Å². The molecule has 1 saturated carbocycles. The Morgan fingerprint density at radius 1 is 1.22 bits per heavy atom. The van der Waals surface area contributed by atoms with E-state index in [-0.39, 0.29) is 54.6 Å². The topological polar surface area (TPSA) is 90.5 Å². The predicted molar refractivity (Wildman–Crippen MR) is 91.4 cm³/mol. The summed E-state index contributed by atoms with van der Waals surface area (Å²) >= 11 is 0. The molecule has 0 aromatic rings. The third-order valence-corrected chi connectivity index (χ3v) is 4.72. The lowest BCUT2D eigenvalue weighted by Crippen LogP contribution is -2.42. The molecule has 6 nitrogen and oxygen atoms in total. The minimum absolute atomic E-state index is 0. The van der Waals surface area contributed by atoms with Gasteiger partial charge in [0.2, 0.25) is 11.8 Å². The van der Waals surface area contributed by atoms with Gasteiger partial charge in [0.1, 0.15) is 0 Å². The van der Waals surface area contributed by atoms with Crippen molar-refractivity contribution in [3.05, 3.63) is 0 Å². The van der Waals surface area contributed by atoms with Crippen molar-refractivity contribution in [2.75, 3.05) is 19.6 Å². The maximum atomic E-state index is 12.1. The number of carbonyl (C=O) groups is 2. The molecule has 1 aliphatic carbocycles. The van der Waals surface area contributed by atoms with Crippen molar-refractivity contribution in [2.24, 2.45) is 11.8 Å². The van der Waals surface area contributed by atoms with Crippen LogP contribution < -0.4 is 16.0 Å². The third-order valence-electron chi connectivity index (χ3n) is 4.72. The quantitative estimate of drug-likeness (QED) is 0.565. The van der Waals surface area contributed by atoms with E-state index < -0.39 is 0 Å². The molecule has 0 bridgehead atoms. The fourth-order valence-corrected chi connectivity index (χ4v) is 3.30. The van der Waals surface area contributed by atoms with E-state index in [4.69, 9.17) is 0 Å². The summed E-state index contributed by atoms with van der Waals surface area (Å²) in [7, 11) is 0. The molecule has 134 valence electrons. The Bertz CT molecular complexity index is 389. The highest BCUT2D eigenvalue weighted by Gasteiger charge is 2.26. The minimum atomic E-state index is -0.385. The van der Waals surface area contributed by atoms with Crippen molar-refractivity contribution in [2.45, 2.75) is 57.6 Å². The smallest absolute Gasteiger partial charge is 0.223 e. The number of aliphatic hydroxyl groups is 1. The molecule has 23 heavy (non-hydrogen) atoms. The Hall–Kier alpha value is -0.850. The van der Waals surface area contributed by atoms with Gasteiger partial charge < -0.3 is 21.1 Å². The number of carbonyl (C=O) groups excluding carboxylic acids is 2. The summed E-state index contributed by atoms with van der Waals surface area (Å²) in [6, 6.07) is -0.152. The first kappa shape index (κ1) is 20.2. The van der Waals surface area contributed by atoms with Crippen LogP contribution in [0.5, 0.6) is 0 Å². The van der Waals surface area contributed by atoms with Crippen molar-refractivity contribution in [3.8, 4) is 0 Å².